The van der Waals surface area contributed by atoms with Crippen LogP contribution in [0.15, 0.2) is 60.9 Å². The van der Waals surface area contributed by atoms with E-state index in [0.29, 0.717) is 18.5 Å². The van der Waals surface area contributed by atoms with Crippen molar-refractivity contribution in [1.82, 2.24) is 20.1 Å². The molecule has 1 saturated heterocycles. The molecule has 4 heterocycles. The van der Waals surface area contributed by atoms with E-state index in [1.807, 2.05) is 41.3 Å². The predicted octanol–water partition coefficient (Wildman–Crippen LogP) is 4.60. The van der Waals surface area contributed by atoms with Crippen molar-refractivity contribution < 1.29 is 19.0 Å². The summed E-state index contributed by atoms with van der Waals surface area (Å²) in [6.07, 6.45) is 7.66. The van der Waals surface area contributed by atoms with Crippen LogP contribution in [0.5, 0.6) is 17.2 Å². The van der Waals surface area contributed by atoms with Gasteiger partial charge in [-0.1, -0.05) is 12.1 Å². The maximum Gasteiger partial charge on any atom is 0.260 e. The molecule has 0 saturated carbocycles. The van der Waals surface area contributed by atoms with Crippen LogP contribution < -0.4 is 14.2 Å². The van der Waals surface area contributed by atoms with Gasteiger partial charge in [-0.2, -0.15) is 5.10 Å². The number of nitrogens with zero attached hydrogens (tertiary/aromatic N) is 3. The predicted molar refractivity (Wildman–Crippen MR) is 135 cm³/mol. The summed E-state index contributed by atoms with van der Waals surface area (Å²) in [6, 6.07) is 15.8. The molecule has 0 radical (unpaired) electrons. The number of hydrogen-bond donors (Lipinski definition) is 1. The number of ether oxygens (including phenoxy) is 3. The van der Waals surface area contributed by atoms with Crippen molar-refractivity contribution in [3.05, 3.63) is 66.5 Å². The molecular formula is C28H28N4O4. The van der Waals surface area contributed by atoms with E-state index in [0.717, 1.165) is 72.4 Å². The number of benzene rings is 2. The van der Waals surface area contributed by atoms with E-state index in [9.17, 15) is 4.79 Å². The maximum absolute atomic E-state index is 12.9. The Morgan fingerprint density at radius 2 is 1.97 bits per heavy atom. The number of amides is 1. The lowest BCUT2D eigenvalue weighted by Gasteiger charge is -2.32. The number of aromatic nitrogens is 3. The SMILES string of the molecule is O=C(COc1cccnc1-c1ccc2[nH]ncc2c1)N1CCC(CCc2ccc3c(c2)OCO3)CC1. The summed E-state index contributed by atoms with van der Waals surface area (Å²) in [6.45, 7) is 1.85. The number of piperidine rings is 1. The van der Waals surface area contributed by atoms with Crippen LogP contribution in [0.4, 0.5) is 0 Å². The number of nitrogens with one attached hydrogen (secondary N) is 1. The van der Waals surface area contributed by atoms with Crippen LogP contribution in [-0.2, 0) is 11.2 Å². The average molecular weight is 485 g/mol. The van der Waals surface area contributed by atoms with Crippen LogP contribution in [0.1, 0.15) is 24.8 Å². The number of aryl methyl sites for hydroxylation is 1. The van der Waals surface area contributed by atoms with Gasteiger partial charge in [-0.25, -0.2) is 0 Å². The van der Waals surface area contributed by atoms with Crippen molar-refractivity contribution >= 4 is 16.8 Å². The van der Waals surface area contributed by atoms with E-state index < -0.39 is 0 Å². The number of carbonyl (C=O) groups excluding carboxylic acids is 1. The largest absolute Gasteiger partial charge is 0.481 e. The van der Waals surface area contributed by atoms with E-state index in [4.69, 9.17) is 14.2 Å². The van der Waals surface area contributed by atoms with Gasteiger partial charge in [-0.15, -0.1) is 0 Å². The Morgan fingerprint density at radius 3 is 2.89 bits per heavy atom. The summed E-state index contributed by atoms with van der Waals surface area (Å²) in [5, 5.41) is 8.04. The summed E-state index contributed by atoms with van der Waals surface area (Å²) in [5.41, 5.74) is 3.88. The molecule has 6 rings (SSSR count). The number of rotatable bonds is 7. The maximum atomic E-state index is 12.9. The number of hydrogen-bond acceptors (Lipinski definition) is 6. The van der Waals surface area contributed by atoms with Gasteiger partial charge in [0.2, 0.25) is 6.79 Å². The average Bonchev–Trinajstić information content (AvgIpc) is 3.59. The third-order valence-corrected chi connectivity index (χ3v) is 7.08. The minimum atomic E-state index is 0.00844. The van der Waals surface area contributed by atoms with Crippen molar-refractivity contribution in [2.24, 2.45) is 5.92 Å². The fourth-order valence-corrected chi connectivity index (χ4v) is 4.98. The molecule has 1 N–H and O–H groups in total. The van der Waals surface area contributed by atoms with E-state index in [1.165, 1.54) is 5.56 Å². The molecule has 4 aromatic rings. The second kappa shape index (κ2) is 9.89. The molecule has 1 fully saturated rings. The van der Waals surface area contributed by atoms with Gasteiger partial charge >= 0.3 is 0 Å². The second-order valence-corrected chi connectivity index (χ2v) is 9.36. The first-order valence-corrected chi connectivity index (χ1v) is 12.4. The molecule has 1 amide bonds. The number of pyridine rings is 1. The van der Waals surface area contributed by atoms with Crippen LogP contribution >= 0.6 is 0 Å². The van der Waals surface area contributed by atoms with Gasteiger partial charge in [-0.05, 0) is 73.6 Å². The zero-order valence-electron chi connectivity index (χ0n) is 20.0. The highest BCUT2D eigenvalue weighted by atomic mass is 16.7. The molecule has 0 atom stereocenters. The lowest BCUT2D eigenvalue weighted by Crippen LogP contribution is -2.41. The van der Waals surface area contributed by atoms with Gasteiger partial charge in [-0.3, -0.25) is 14.9 Å². The summed E-state index contributed by atoms with van der Waals surface area (Å²) in [5.74, 6) is 2.90. The molecule has 8 heteroatoms. The Morgan fingerprint density at radius 1 is 1.08 bits per heavy atom. The molecule has 8 nitrogen and oxygen atoms in total. The Balaban J connectivity index is 1.01. The highest BCUT2D eigenvalue weighted by Gasteiger charge is 2.24. The molecule has 2 aromatic carbocycles. The smallest absolute Gasteiger partial charge is 0.260 e. The van der Waals surface area contributed by atoms with Gasteiger partial charge in [0.05, 0.1) is 11.7 Å². The zero-order valence-corrected chi connectivity index (χ0v) is 20.0. The molecule has 36 heavy (non-hydrogen) atoms. The molecular weight excluding hydrogens is 456 g/mol. The van der Waals surface area contributed by atoms with Crippen molar-refractivity contribution in [3.63, 3.8) is 0 Å². The van der Waals surface area contributed by atoms with Crippen LogP contribution in [0.3, 0.4) is 0 Å². The summed E-state index contributed by atoms with van der Waals surface area (Å²) in [7, 11) is 0. The molecule has 2 aliphatic heterocycles. The monoisotopic (exact) mass is 484 g/mol. The Bertz CT molecular complexity index is 1380. The van der Waals surface area contributed by atoms with Gasteiger partial charge in [0.15, 0.2) is 18.1 Å². The summed E-state index contributed by atoms with van der Waals surface area (Å²) >= 11 is 0. The first-order valence-electron chi connectivity index (χ1n) is 12.4. The molecule has 0 aliphatic carbocycles. The lowest BCUT2D eigenvalue weighted by atomic mass is 9.90. The van der Waals surface area contributed by atoms with E-state index >= 15 is 0 Å². The number of carbonyl (C=O) groups is 1. The van der Waals surface area contributed by atoms with Crippen LogP contribution in [0.2, 0.25) is 0 Å². The van der Waals surface area contributed by atoms with Gasteiger partial charge in [0, 0.05) is 30.2 Å². The molecule has 2 aromatic heterocycles. The van der Waals surface area contributed by atoms with Crippen LogP contribution in [-0.4, -0.2) is 52.5 Å². The van der Waals surface area contributed by atoms with Crippen molar-refractivity contribution in [2.75, 3.05) is 26.5 Å². The van der Waals surface area contributed by atoms with Gasteiger partial charge in [0.1, 0.15) is 11.4 Å². The van der Waals surface area contributed by atoms with E-state index in [-0.39, 0.29) is 12.5 Å². The number of aromatic amines is 1. The van der Waals surface area contributed by atoms with Crippen molar-refractivity contribution in [3.8, 4) is 28.5 Å². The standard InChI is InChI=1S/C28H28N4O4/c33-27(17-34-25-2-1-11-29-28(25)21-6-7-23-22(15-21)16-30-31-23)32-12-9-19(10-13-32)3-4-20-5-8-24-26(14-20)36-18-35-24/h1-2,5-8,11,14-16,19H,3-4,9-10,12-13,17-18H2,(H,30,31). The Hall–Kier alpha value is -4.07. The molecule has 0 bridgehead atoms. The minimum absolute atomic E-state index is 0.00844. The second-order valence-electron chi connectivity index (χ2n) is 9.36. The van der Waals surface area contributed by atoms with Gasteiger partial charge < -0.3 is 19.1 Å². The quantitative estimate of drug-likeness (QED) is 0.412. The van der Waals surface area contributed by atoms with Crippen LogP contribution in [0.25, 0.3) is 22.2 Å². The summed E-state index contributed by atoms with van der Waals surface area (Å²) < 4.78 is 16.9. The Labute approximate surface area is 209 Å². The number of fused-ring (bicyclic) bond motifs is 2. The molecule has 0 spiro atoms. The number of likely N-dealkylation sites (tertiary alicyclic amines) is 1. The van der Waals surface area contributed by atoms with Crippen molar-refractivity contribution in [1.29, 1.82) is 0 Å². The minimum Gasteiger partial charge on any atom is -0.481 e. The first-order chi connectivity index (χ1) is 17.7. The number of H-pyrrole nitrogens is 1. The zero-order chi connectivity index (χ0) is 24.3. The third-order valence-electron chi connectivity index (χ3n) is 7.08. The molecule has 2 aliphatic rings. The van der Waals surface area contributed by atoms with E-state index in [1.54, 1.807) is 12.4 Å². The fraction of sp³-hybridized carbons (Fsp3) is 0.321. The highest BCUT2D eigenvalue weighted by Crippen LogP contribution is 2.34. The third kappa shape index (κ3) is 4.71. The molecule has 184 valence electrons. The van der Waals surface area contributed by atoms with Gasteiger partial charge in [0.25, 0.3) is 5.91 Å². The highest BCUT2D eigenvalue weighted by molar-refractivity contribution is 5.84. The van der Waals surface area contributed by atoms with Crippen molar-refractivity contribution in [2.45, 2.75) is 25.7 Å². The Kier molecular flexibility index (Phi) is 6.15. The molecule has 0 unspecified atom stereocenters. The first kappa shape index (κ1) is 22.4. The lowest BCUT2D eigenvalue weighted by molar-refractivity contribution is -0.134. The fourth-order valence-electron chi connectivity index (χ4n) is 4.98. The van der Waals surface area contributed by atoms with E-state index in [2.05, 4.69) is 27.3 Å². The van der Waals surface area contributed by atoms with Crippen LogP contribution in [0, 0.1) is 5.92 Å². The topological polar surface area (TPSA) is 89.6 Å². The summed E-state index contributed by atoms with van der Waals surface area (Å²) in [4.78, 5) is 19.3. The normalized spacial score (nSPS) is 15.4.